The molecule has 0 spiro atoms. The SMILES string of the molecule is c1ncc2[nH]c(C34CC5CC(CC(C5)C3)C4)cc2n1. The molecular weight excluding hydrogens is 234 g/mol. The highest BCUT2D eigenvalue weighted by atomic mass is 14.9. The molecule has 6 rings (SSSR count). The molecule has 0 radical (unpaired) electrons. The van der Waals surface area contributed by atoms with Gasteiger partial charge in [-0.05, 0) is 62.3 Å². The van der Waals surface area contributed by atoms with E-state index in [1.165, 1.54) is 44.2 Å². The lowest BCUT2D eigenvalue weighted by molar-refractivity contribution is -0.00687. The molecule has 0 aromatic carbocycles. The number of H-pyrrole nitrogens is 1. The van der Waals surface area contributed by atoms with Crippen molar-refractivity contribution in [2.24, 2.45) is 17.8 Å². The predicted molar refractivity (Wildman–Crippen MR) is 73.7 cm³/mol. The van der Waals surface area contributed by atoms with E-state index in [0.717, 1.165) is 28.8 Å². The van der Waals surface area contributed by atoms with Crippen molar-refractivity contribution in [3.05, 3.63) is 24.3 Å². The summed E-state index contributed by atoms with van der Waals surface area (Å²) in [5, 5.41) is 0. The molecule has 4 saturated carbocycles. The fourth-order valence-corrected chi connectivity index (χ4v) is 5.59. The molecule has 2 heterocycles. The van der Waals surface area contributed by atoms with Crippen LogP contribution in [0.2, 0.25) is 0 Å². The summed E-state index contributed by atoms with van der Waals surface area (Å²) in [6, 6.07) is 2.30. The summed E-state index contributed by atoms with van der Waals surface area (Å²) in [7, 11) is 0. The van der Waals surface area contributed by atoms with Crippen LogP contribution in [-0.4, -0.2) is 15.0 Å². The molecular formula is C16H19N3. The highest BCUT2D eigenvalue weighted by Crippen LogP contribution is 2.60. The summed E-state index contributed by atoms with van der Waals surface area (Å²) in [5.74, 6) is 2.97. The molecule has 98 valence electrons. The van der Waals surface area contributed by atoms with Crippen LogP contribution in [0.3, 0.4) is 0 Å². The van der Waals surface area contributed by atoms with Crippen LogP contribution in [0.4, 0.5) is 0 Å². The standard InChI is InChI=1S/C16H19N3/c1-10-2-12-3-11(1)6-16(5-10,7-12)15-4-13-14(19-15)8-17-9-18-13/h4,8-12,19H,1-3,5-7H2. The van der Waals surface area contributed by atoms with Gasteiger partial charge >= 0.3 is 0 Å². The zero-order valence-corrected chi connectivity index (χ0v) is 11.1. The zero-order chi connectivity index (χ0) is 12.4. The summed E-state index contributed by atoms with van der Waals surface area (Å²) < 4.78 is 0. The van der Waals surface area contributed by atoms with Crippen molar-refractivity contribution >= 4 is 11.0 Å². The van der Waals surface area contributed by atoms with Gasteiger partial charge in [-0.1, -0.05) is 0 Å². The maximum Gasteiger partial charge on any atom is 0.116 e. The number of nitrogens with zero attached hydrogens (tertiary/aromatic N) is 2. The van der Waals surface area contributed by atoms with E-state index in [4.69, 9.17) is 0 Å². The normalized spacial score (nSPS) is 40.1. The van der Waals surface area contributed by atoms with Crippen molar-refractivity contribution < 1.29 is 0 Å². The number of rotatable bonds is 1. The average Bonchev–Trinajstić information content (AvgIpc) is 2.81. The van der Waals surface area contributed by atoms with Gasteiger partial charge in [-0.15, -0.1) is 0 Å². The average molecular weight is 253 g/mol. The summed E-state index contributed by atoms with van der Waals surface area (Å²) in [4.78, 5) is 12.1. The Morgan fingerprint density at radius 3 is 2.37 bits per heavy atom. The summed E-state index contributed by atoms with van der Waals surface area (Å²) in [6.45, 7) is 0. The second-order valence-corrected chi connectivity index (χ2v) is 7.20. The molecule has 3 nitrogen and oxygen atoms in total. The number of hydrogen-bond donors (Lipinski definition) is 1. The van der Waals surface area contributed by atoms with Crippen molar-refractivity contribution in [1.82, 2.24) is 15.0 Å². The Morgan fingerprint density at radius 1 is 1.05 bits per heavy atom. The zero-order valence-electron chi connectivity index (χ0n) is 11.1. The van der Waals surface area contributed by atoms with E-state index in [1.807, 2.05) is 6.20 Å². The van der Waals surface area contributed by atoms with Gasteiger partial charge in [-0.2, -0.15) is 0 Å². The van der Waals surface area contributed by atoms with Crippen molar-refractivity contribution in [3.8, 4) is 0 Å². The fraction of sp³-hybridized carbons (Fsp3) is 0.625. The van der Waals surface area contributed by atoms with Crippen molar-refractivity contribution in [2.75, 3.05) is 0 Å². The van der Waals surface area contributed by atoms with Gasteiger partial charge in [0.1, 0.15) is 6.33 Å². The monoisotopic (exact) mass is 253 g/mol. The Morgan fingerprint density at radius 2 is 1.74 bits per heavy atom. The van der Waals surface area contributed by atoms with Gasteiger partial charge in [0.05, 0.1) is 17.2 Å². The van der Waals surface area contributed by atoms with E-state index in [1.54, 1.807) is 6.33 Å². The number of aromatic amines is 1. The molecule has 3 heteroatoms. The molecule has 1 N–H and O–H groups in total. The van der Waals surface area contributed by atoms with Crippen LogP contribution >= 0.6 is 0 Å². The van der Waals surface area contributed by atoms with E-state index in [-0.39, 0.29) is 0 Å². The first-order valence-corrected chi connectivity index (χ1v) is 7.60. The van der Waals surface area contributed by atoms with Gasteiger partial charge in [0.15, 0.2) is 0 Å². The van der Waals surface area contributed by atoms with Crippen LogP contribution in [0.5, 0.6) is 0 Å². The third kappa shape index (κ3) is 1.39. The van der Waals surface area contributed by atoms with Crippen molar-refractivity contribution in [1.29, 1.82) is 0 Å². The van der Waals surface area contributed by atoms with Gasteiger partial charge < -0.3 is 4.98 Å². The minimum atomic E-state index is 0.440. The molecule has 4 aliphatic rings. The van der Waals surface area contributed by atoms with Crippen LogP contribution in [0.1, 0.15) is 44.2 Å². The van der Waals surface area contributed by atoms with E-state index in [9.17, 15) is 0 Å². The lowest BCUT2D eigenvalue weighted by atomic mass is 9.49. The maximum atomic E-state index is 4.39. The highest BCUT2D eigenvalue weighted by molar-refractivity contribution is 5.75. The molecule has 0 amide bonds. The Hall–Kier alpha value is -1.38. The molecule has 19 heavy (non-hydrogen) atoms. The van der Waals surface area contributed by atoms with Crippen LogP contribution in [-0.2, 0) is 5.41 Å². The first kappa shape index (κ1) is 10.4. The smallest absolute Gasteiger partial charge is 0.116 e. The Balaban J connectivity index is 1.64. The summed E-state index contributed by atoms with van der Waals surface area (Å²) in [5.41, 5.74) is 4.08. The lowest BCUT2D eigenvalue weighted by Gasteiger charge is -2.56. The summed E-state index contributed by atoms with van der Waals surface area (Å²) >= 11 is 0. The number of aromatic nitrogens is 3. The van der Waals surface area contributed by atoms with Gasteiger partial charge in [0, 0.05) is 11.1 Å². The minimum absolute atomic E-state index is 0.440. The van der Waals surface area contributed by atoms with Gasteiger partial charge in [0.2, 0.25) is 0 Å². The molecule has 2 aromatic rings. The molecule has 2 aromatic heterocycles. The Bertz CT molecular complexity index is 574. The second-order valence-electron chi connectivity index (χ2n) is 7.20. The second kappa shape index (κ2) is 3.38. The topological polar surface area (TPSA) is 41.6 Å². The first-order valence-electron chi connectivity index (χ1n) is 7.60. The van der Waals surface area contributed by atoms with Gasteiger partial charge in [0.25, 0.3) is 0 Å². The van der Waals surface area contributed by atoms with Gasteiger partial charge in [-0.25, -0.2) is 9.97 Å². The lowest BCUT2D eigenvalue weighted by Crippen LogP contribution is -2.48. The molecule has 0 aliphatic heterocycles. The van der Waals surface area contributed by atoms with E-state index in [0.29, 0.717) is 5.41 Å². The molecule has 0 unspecified atom stereocenters. The van der Waals surface area contributed by atoms with E-state index < -0.39 is 0 Å². The van der Waals surface area contributed by atoms with Crippen LogP contribution in [0.15, 0.2) is 18.6 Å². The quantitative estimate of drug-likeness (QED) is 0.846. The number of nitrogens with one attached hydrogen (secondary N) is 1. The highest BCUT2D eigenvalue weighted by Gasteiger charge is 2.52. The third-order valence-electron chi connectivity index (χ3n) is 5.90. The minimum Gasteiger partial charge on any atom is -0.355 e. The molecule has 0 saturated heterocycles. The largest absolute Gasteiger partial charge is 0.355 e. The predicted octanol–water partition coefficient (Wildman–Crippen LogP) is 3.43. The first-order chi connectivity index (χ1) is 9.31. The van der Waals surface area contributed by atoms with E-state index >= 15 is 0 Å². The molecule has 4 bridgehead atoms. The maximum absolute atomic E-state index is 4.39. The van der Waals surface area contributed by atoms with Crippen LogP contribution in [0, 0.1) is 17.8 Å². The molecule has 4 fully saturated rings. The van der Waals surface area contributed by atoms with Crippen LogP contribution in [0.25, 0.3) is 11.0 Å². The van der Waals surface area contributed by atoms with E-state index in [2.05, 4.69) is 21.0 Å². The number of fused-ring (bicyclic) bond motifs is 1. The molecule has 0 atom stereocenters. The number of hydrogen-bond acceptors (Lipinski definition) is 2. The fourth-order valence-electron chi connectivity index (χ4n) is 5.59. The Labute approximate surface area is 112 Å². The van der Waals surface area contributed by atoms with Crippen molar-refractivity contribution in [2.45, 2.75) is 43.9 Å². The van der Waals surface area contributed by atoms with Crippen LogP contribution < -0.4 is 0 Å². The summed E-state index contributed by atoms with van der Waals surface area (Å²) in [6.07, 6.45) is 12.3. The molecule has 4 aliphatic carbocycles. The Kier molecular flexibility index (Phi) is 1.85. The van der Waals surface area contributed by atoms with Gasteiger partial charge in [-0.3, -0.25) is 0 Å². The van der Waals surface area contributed by atoms with Crippen molar-refractivity contribution in [3.63, 3.8) is 0 Å². The third-order valence-corrected chi connectivity index (χ3v) is 5.90.